The van der Waals surface area contributed by atoms with Gasteiger partial charge in [-0.3, -0.25) is 9.59 Å². The van der Waals surface area contributed by atoms with Gasteiger partial charge >= 0.3 is 0 Å². The lowest BCUT2D eigenvalue weighted by atomic mass is 10.1. The monoisotopic (exact) mass is 295 g/mol. The summed E-state index contributed by atoms with van der Waals surface area (Å²) in [5, 5.41) is 8.25. The van der Waals surface area contributed by atoms with E-state index in [0.717, 1.165) is 0 Å². The summed E-state index contributed by atoms with van der Waals surface area (Å²) in [5.41, 5.74) is 0. The highest BCUT2D eigenvalue weighted by Gasteiger charge is 2.28. The summed E-state index contributed by atoms with van der Waals surface area (Å²) in [6, 6.07) is -0.398. The zero-order valence-electron chi connectivity index (χ0n) is 11.2. The van der Waals surface area contributed by atoms with E-state index in [2.05, 4.69) is 16.0 Å². The Hall–Kier alpha value is -0.890. The molecule has 7 nitrogen and oxygen atoms in total. The molecule has 0 bridgehead atoms. The van der Waals surface area contributed by atoms with Crippen molar-refractivity contribution in [2.24, 2.45) is 0 Å². The fourth-order valence-electron chi connectivity index (χ4n) is 1.66. The van der Waals surface area contributed by atoms with Crippen LogP contribution in [0.3, 0.4) is 0 Å². The molecule has 1 rings (SSSR count). The molecule has 1 heterocycles. The van der Waals surface area contributed by atoms with Crippen molar-refractivity contribution in [3.05, 3.63) is 0 Å². The SMILES string of the molecule is COCCNC(=O)CNC(=O)[C@H]1NCCO[C@@H]1C.Cl. The average Bonchev–Trinajstić information content (AvgIpc) is 2.37. The number of carbonyl (C=O) groups is 2. The van der Waals surface area contributed by atoms with Gasteiger partial charge in [0.1, 0.15) is 6.04 Å². The Balaban J connectivity index is 0.00000324. The molecule has 2 atom stereocenters. The van der Waals surface area contributed by atoms with Crippen LogP contribution in [0.2, 0.25) is 0 Å². The third-order valence-corrected chi connectivity index (χ3v) is 2.65. The van der Waals surface area contributed by atoms with Gasteiger partial charge in [-0.05, 0) is 6.92 Å². The molecular formula is C11H22ClN3O4. The fourth-order valence-corrected chi connectivity index (χ4v) is 1.66. The molecule has 0 aromatic heterocycles. The van der Waals surface area contributed by atoms with E-state index in [1.54, 1.807) is 7.11 Å². The number of nitrogens with one attached hydrogen (secondary N) is 3. The third kappa shape index (κ3) is 6.72. The first-order chi connectivity index (χ1) is 8.65. The number of rotatable bonds is 6. The Kier molecular flexibility index (Phi) is 9.50. The Bertz CT molecular complexity index is 291. The maximum atomic E-state index is 11.8. The molecule has 2 amide bonds. The average molecular weight is 296 g/mol. The number of halogens is 1. The van der Waals surface area contributed by atoms with Gasteiger partial charge in [-0.1, -0.05) is 0 Å². The molecule has 8 heteroatoms. The van der Waals surface area contributed by atoms with Gasteiger partial charge in [0.25, 0.3) is 0 Å². The highest BCUT2D eigenvalue weighted by Crippen LogP contribution is 2.03. The first kappa shape index (κ1) is 18.1. The molecule has 112 valence electrons. The van der Waals surface area contributed by atoms with E-state index in [1.807, 2.05) is 6.92 Å². The van der Waals surface area contributed by atoms with Gasteiger partial charge in [0.2, 0.25) is 11.8 Å². The molecule has 0 aromatic rings. The largest absolute Gasteiger partial charge is 0.383 e. The van der Waals surface area contributed by atoms with Crippen LogP contribution in [0.25, 0.3) is 0 Å². The Labute approximate surface area is 119 Å². The van der Waals surface area contributed by atoms with Crippen LogP contribution < -0.4 is 16.0 Å². The Morgan fingerprint density at radius 1 is 1.42 bits per heavy atom. The van der Waals surface area contributed by atoms with Crippen LogP contribution in [-0.2, 0) is 19.1 Å². The summed E-state index contributed by atoms with van der Waals surface area (Å²) < 4.78 is 10.2. The van der Waals surface area contributed by atoms with Gasteiger partial charge in [-0.2, -0.15) is 0 Å². The zero-order chi connectivity index (χ0) is 13.4. The third-order valence-electron chi connectivity index (χ3n) is 2.65. The molecule has 0 unspecified atom stereocenters. The molecular weight excluding hydrogens is 274 g/mol. The maximum absolute atomic E-state index is 11.8. The van der Waals surface area contributed by atoms with Crippen molar-refractivity contribution < 1.29 is 19.1 Å². The summed E-state index contributed by atoms with van der Waals surface area (Å²) in [4.78, 5) is 23.1. The molecule has 3 N–H and O–H groups in total. The molecule has 1 aliphatic heterocycles. The summed E-state index contributed by atoms with van der Waals surface area (Å²) >= 11 is 0. The fraction of sp³-hybridized carbons (Fsp3) is 0.818. The van der Waals surface area contributed by atoms with E-state index < -0.39 is 6.04 Å². The molecule has 1 fully saturated rings. The minimum Gasteiger partial charge on any atom is -0.383 e. The second-order valence-corrected chi connectivity index (χ2v) is 4.07. The second-order valence-electron chi connectivity index (χ2n) is 4.07. The molecule has 0 spiro atoms. The van der Waals surface area contributed by atoms with Crippen LogP contribution in [0.1, 0.15) is 6.92 Å². The van der Waals surface area contributed by atoms with Crippen molar-refractivity contribution in [2.45, 2.75) is 19.1 Å². The van der Waals surface area contributed by atoms with Crippen LogP contribution in [0.4, 0.5) is 0 Å². The van der Waals surface area contributed by atoms with Crippen molar-refractivity contribution in [2.75, 3.05) is 40.0 Å². The van der Waals surface area contributed by atoms with E-state index in [4.69, 9.17) is 9.47 Å². The lowest BCUT2D eigenvalue weighted by molar-refractivity contribution is -0.131. The first-order valence-electron chi connectivity index (χ1n) is 6.03. The van der Waals surface area contributed by atoms with Crippen molar-refractivity contribution in [3.63, 3.8) is 0 Å². The first-order valence-corrected chi connectivity index (χ1v) is 6.03. The van der Waals surface area contributed by atoms with Gasteiger partial charge in [0.05, 0.1) is 25.9 Å². The predicted octanol–water partition coefficient (Wildman–Crippen LogP) is -1.34. The lowest BCUT2D eigenvalue weighted by Gasteiger charge is -2.29. The predicted molar refractivity (Wildman–Crippen MR) is 72.3 cm³/mol. The van der Waals surface area contributed by atoms with Crippen LogP contribution in [-0.4, -0.2) is 63.9 Å². The smallest absolute Gasteiger partial charge is 0.240 e. The van der Waals surface area contributed by atoms with Gasteiger partial charge in [0.15, 0.2) is 0 Å². The number of carbonyl (C=O) groups excluding carboxylic acids is 2. The number of hydrogen-bond donors (Lipinski definition) is 3. The van der Waals surface area contributed by atoms with E-state index in [1.165, 1.54) is 0 Å². The van der Waals surface area contributed by atoms with Crippen LogP contribution in [0.15, 0.2) is 0 Å². The minimum absolute atomic E-state index is 0. The topological polar surface area (TPSA) is 88.7 Å². The van der Waals surface area contributed by atoms with E-state index >= 15 is 0 Å². The molecule has 0 saturated carbocycles. The zero-order valence-corrected chi connectivity index (χ0v) is 12.0. The Morgan fingerprint density at radius 2 is 2.16 bits per heavy atom. The summed E-state index contributed by atoms with van der Waals surface area (Å²) in [6.07, 6.45) is -0.185. The molecule has 1 aliphatic rings. The number of ether oxygens (including phenoxy) is 2. The normalized spacial score (nSPS) is 22.2. The molecule has 0 radical (unpaired) electrons. The van der Waals surface area contributed by atoms with Crippen LogP contribution in [0, 0.1) is 0 Å². The van der Waals surface area contributed by atoms with Gasteiger partial charge in [-0.25, -0.2) is 0 Å². The van der Waals surface area contributed by atoms with Crippen LogP contribution in [0.5, 0.6) is 0 Å². The van der Waals surface area contributed by atoms with Gasteiger partial charge in [0, 0.05) is 20.2 Å². The van der Waals surface area contributed by atoms with E-state index in [-0.39, 0.29) is 36.9 Å². The molecule has 0 aliphatic carbocycles. The summed E-state index contributed by atoms with van der Waals surface area (Å²) in [7, 11) is 1.56. The number of hydrogen-bond acceptors (Lipinski definition) is 5. The number of morpholine rings is 1. The van der Waals surface area contributed by atoms with Crippen LogP contribution >= 0.6 is 12.4 Å². The number of amides is 2. The standard InChI is InChI=1S/C11H21N3O4.ClH/c1-8-10(13-4-6-18-8)11(16)14-7-9(15)12-3-5-17-2;/h8,10,13H,3-7H2,1-2H3,(H,12,15)(H,14,16);1H/t8-,10+;/m1./s1. The number of methoxy groups -OCH3 is 1. The van der Waals surface area contributed by atoms with Crippen molar-refractivity contribution in [3.8, 4) is 0 Å². The minimum atomic E-state index is -0.398. The lowest BCUT2D eigenvalue weighted by Crippen LogP contribution is -2.56. The maximum Gasteiger partial charge on any atom is 0.240 e. The molecule has 1 saturated heterocycles. The molecule has 0 aromatic carbocycles. The van der Waals surface area contributed by atoms with E-state index in [0.29, 0.717) is 26.3 Å². The summed E-state index contributed by atoms with van der Waals surface area (Å²) in [5.74, 6) is -0.450. The quantitative estimate of drug-likeness (QED) is 0.528. The summed E-state index contributed by atoms with van der Waals surface area (Å²) in [6.45, 7) is 3.93. The van der Waals surface area contributed by atoms with Crippen molar-refractivity contribution in [1.82, 2.24) is 16.0 Å². The highest BCUT2D eigenvalue weighted by molar-refractivity contribution is 5.87. The molecule has 19 heavy (non-hydrogen) atoms. The van der Waals surface area contributed by atoms with E-state index in [9.17, 15) is 9.59 Å². The van der Waals surface area contributed by atoms with Crippen molar-refractivity contribution >= 4 is 24.2 Å². The second kappa shape index (κ2) is 9.96. The highest BCUT2D eigenvalue weighted by atomic mass is 35.5. The Morgan fingerprint density at radius 3 is 2.79 bits per heavy atom. The van der Waals surface area contributed by atoms with Gasteiger partial charge < -0.3 is 25.4 Å². The van der Waals surface area contributed by atoms with Gasteiger partial charge in [-0.15, -0.1) is 12.4 Å². The van der Waals surface area contributed by atoms with Crippen molar-refractivity contribution in [1.29, 1.82) is 0 Å².